The Morgan fingerprint density at radius 2 is 2.00 bits per heavy atom. The van der Waals surface area contributed by atoms with Crippen molar-refractivity contribution in [1.29, 1.82) is 0 Å². The van der Waals surface area contributed by atoms with Gasteiger partial charge in [-0.05, 0) is 18.6 Å². The van der Waals surface area contributed by atoms with Gasteiger partial charge in [-0.15, -0.1) is 0 Å². The standard InChI is InChI=1S/C14H15N3O5S/c15-7-23(21,22)11-3-1-2-8-9(11)6-17(14(8)20)10-4-5-12(18)16-13(10)19/h1-3,10H,4-7,15H2,(H,16,18,19). The van der Waals surface area contributed by atoms with Crippen LogP contribution < -0.4 is 11.1 Å². The molecule has 1 aromatic carbocycles. The number of nitrogens with two attached hydrogens (primary N) is 1. The van der Waals surface area contributed by atoms with Crippen molar-refractivity contribution in [3.8, 4) is 0 Å². The Hall–Kier alpha value is -2.26. The van der Waals surface area contributed by atoms with Crippen LogP contribution in [0.15, 0.2) is 23.1 Å². The topological polar surface area (TPSA) is 127 Å². The maximum absolute atomic E-state index is 12.5. The first-order valence-electron chi connectivity index (χ1n) is 7.04. The normalized spacial score (nSPS) is 21.3. The second-order valence-electron chi connectivity index (χ2n) is 5.46. The average Bonchev–Trinajstić information content (AvgIpc) is 2.84. The molecule has 23 heavy (non-hydrogen) atoms. The van der Waals surface area contributed by atoms with Gasteiger partial charge in [0.05, 0.1) is 4.90 Å². The molecule has 2 aliphatic heterocycles. The molecule has 1 fully saturated rings. The Labute approximate surface area is 132 Å². The number of benzene rings is 1. The van der Waals surface area contributed by atoms with Crippen LogP contribution in [0.4, 0.5) is 0 Å². The van der Waals surface area contributed by atoms with Gasteiger partial charge in [0, 0.05) is 24.1 Å². The van der Waals surface area contributed by atoms with Gasteiger partial charge in [-0.2, -0.15) is 0 Å². The summed E-state index contributed by atoms with van der Waals surface area (Å²) >= 11 is 0. The summed E-state index contributed by atoms with van der Waals surface area (Å²) in [6, 6.07) is 3.63. The fourth-order valence-corrected chi connectivity index (χ4v) is 3.95. The molecule has 3 rings (SSSR count). The van der Waals surface area contributed by atoms with Crippen LogP contribution in [0, 0.1) is 0 Å². The largest absolute Gasteiger partial charge is 0.322 e. The van der Waals surface area contributed by atoms with E-state index < -0.39 is 33.6 Å². The Balaban J connectivity index is 1.98. The number of carbonyl (C=O) groups is 3. The van der Waals surface area contributed by atoms with Crippen molar-refractivity contribution in [2.75, 3.05) is 5.88 Å². The van der Waals surface area contributed by atoms with Crippen LogP contribution in [-0.4, -0.2) is 43.0 Å². The van der Waals surface area contributed by atoms with E-state index in [0.29, 0.717) is 5.56 Å². The summed E-state index contributed by atoms with van der Waals surface area (Å²) in [5.41, 5.74) is 5.90. The number of imide groups is 1. The Morgan fingerprint density at radius 1 is 1.26 bits per heavy atom. The van der Waals surface area contributed by atoms with E-state index in [2.05, 4.69) is 5.32 Å². The Morgan fingerprint density at radius 3 is 2.65 bits per heavy atom. The van der Waals surface area contributed by atoms with Gasteiger partial charge in [0.15, 0.2) is 9.84 Å². The number of amides is 3. The molecule has 0 radical (unpaired) electrons. The lowest BCUT2D eigenvalue weighted by Crippen LogP contribution is -2.52. The molecular formula is C14H15N3O5S. The zero-order valence-corrected chi connectivity index (χ0v) is 12.9. The molecule has 2 aliphatic rings. The van der Waals surface area contributed by atoms with Gasteiger partial charge < -0.3 is 10.6 Å². The van der Waals surface area contributed by atoms with Gasteiger partial charge >= 0.3 is 0 Å². The van der Waals surface area contributed by atoms with Gasteiger partial charge in [-0.3, -0.25) is 19.7 Å². The van der Waals surface area contributed by atoms with Crippen molar-refractivity contribution in [1.82, 2.24) is 10.2 Å². The maximum Gasteiger partial charge on any atom is 0.255 e. The van der Waals surface area contributed by atoms with Crippen LogP contribution in [0.5, 0.6) is 0 Å². The minimum Gasteiger partial charge on any atom is -0.322 e. The lowest BCUT2D eigenvalue weighted by Gasteiger charge is -2.29. The SMILES string of the molecule is NCS(=O)(=O)c1cccc2c1CN(C1CCC(=O)NC1=O)C2=O. The molecule has 122 valence electrons. The molecule has 0 saturated carbocycles. The van der Waals surface area contributed by atoms with Crippen molar-refractivity contribution in [2.24, 2.45) is 5.73 Å². The van der Waals surface area contributed by atoms with Crippen LogP contribution in [0.3, 0.4) is 0 Å². The second-order valence-corrected chi connectivity index (χ2v) is 7.47. The van der Waals surface area contributed by atoms with E-state index in [4.69, 9.17) is 5.73 Å². The summed E-state index contributed by atoms with van der Waals surface area (Å²) in [4.78, 5) is 37.0. The summed E-state index contributed by atoms with van der Waals surface area (Å²) in [6.07, 6.45) is 0.369. The first-order valence-corrected chi connectivity index (χ1v) is 8.70. The Kier molecular flexibility index (Phi) is 3.69. The quantitative estimate of drug-likeness (QED) is 0.691. The van der Waals surface area contributed by atoms with E-state index in [-0.39, 0.29) is 35.8 Å². The molecule has 3 N–H and O–H groups in total. The van der Waals surface area contributed by atoms with E-state index in [1.165, 1.54) is 23.1 Å². The summed E-state index contributed by atoms with van der Waals surface area (Å²) in [7, 11) is -3.68. The third-order valence-corrected chi connectivity index (χ3v) is 5.59. The smallest absolute Gasteiger partial charge is 0.255 e. The van der Waals surface area contributed by atoms with Crippen LogP contribution in [0.2, 0.25) is 0 Å². The third-order valence-electron chi connectivity index (χ3n) is 4.09. The molecule has 1 atom stereocenters. The fourth-order valence-electron chi connectivity index (χ4n) is 2.94. The van der Waals surface area contributed by atoms with Crippen molar-refractivity contribution >= 4 is 27.6 Å². The molecule has 8 nitrogen and oxygen atoms in total. The highest BCUT2D eigenvalue weighted by molar-refractivity contribution is 7.91. The van der Waals surface area contributed by atoms with Crippen LogP contribution in [-0.2, 0) is 26.0 Å². The molecule has 1 saturated heterocycles. The lowest BCUT2D eigenvalue weighted by molar-refractivity contribution is -0.136. The average molecular weight is 337 g/mol. The number of carbonyl (C=O) groups excluding carboxylic acids is 3. The first kappa shape index (κ1) is 15.6. The van der Waals surface area contributed by atoms with Gasteiger partial charge in [-0.1, -0.05) is 6.07 Å². The predicted molar refractivity (Wildman–Crippen MR) is 78.7 cm³/mol. The van der Waals surface area contributed by atoms with Crippen molar-refractivity contribution in [3.05, 3.63) is 29.3 Å². The molecule has 1 aromatic rings. The van der Waals surface area contributed by atoms with E-state index in [9.17, 15) is 22.8 Å². The number of hydrogen-bond donors (Lipinski definition) is 2. The zero-order chi connectivity index (χ0) is 16.8. The van der Waals surface area contributed by atoms with Crippen molar-refractivity contribution < 1.29 is 22.8 Å². The first-order chi connectivity index (χ1) is 10.8. The molecule has 0 aliphatic carbocycles. The highest BCUT2D eigenvalue weighted by atomic mass is 32.2. The molecule has 0 spiro atoms. The van der Waals surface area contributed by atoms with Crippen LogP contribution in [0.25, 0.3) is 0 Å². The number of nitrogens with one attached hydrogen (secondary N) is 1. The molecule has 0 aromatic heterocycles. The summed E-state index contributed by atoms with van der Waals surface area (Å²) in [6.45, 7) is 0.00977. The summed E-state index contributed by atoms with van der Waals surface area (Å²) < 4.78 is 24.2. The molecule has 9 heteroatoms. The number of hydrogen-bond acceptors (Lipinski definition) is 6. The maximum atomic E-state index is 12.5. The highest BCUT2D eigenvalue weighted by Crippen LogP contribution is 2.31. The van der Waals surface area contributed by atoms with E-state index in [1.807, 2.05) is 0 Å². The number of sulfone groups is 1. The highest BCUT2D eigenvalue weighted by Gasteiger charge is 2.40. The van der Waals surface area contributed by atoms with E-state index in [1.54, 1.807) is 0 Å². The zero-order valence-electron chi connectivity index (χ0n) is 12.1. The van der Waals surface area contributed by atoms with E-state index >= 15 is 0 Å². The van der Waals surface area contributed by atoms with Gasteiger partial charge in [0.1, 0.15) is 11.9 Å². The number of piperidine rings is 1. The molecule has 1 unspecified atom stereocenters. The Bertz CT molecular complexity index is 818. The van der Waals surface area contributed by atoms with Crippen LogP contribution in [0.1, 0.15) is 28.8 Å². The molecule has 2 heterocycles. The predicted octanol–water partition coefficient (Wildman–Crippen LogP) is -0.862. The van der Waals surface area contributed by atoms with Gasteiger partial charge in [-0.25, -0.2) is 8.42 Å². The van der Waals surface area contributed by atoms with Crippen LogP contribution >= 0.6 is 0 Å². The third kappa shape index (κ3) is 2.51. The van der Waals surface area contributed by atoms with E-state index in [0.717, 1.165) is 0 Å². The summed E-state index contributed by atoms with van der Waals surface area (Å²) in [5, 5.41) is 2.20. The number of rotatable bonds is 3. The minimum absolute atomic E-state index is 0.00977. The number of nitrogens with zero attached hydrogens (tertiary/aromatic N) is 1. The molecule has 3 amide bonds. The fraction of sp³-hybridized carbons (Fsp3) is 0.357. The van der Waals surface area contributed by atoms with Gasteiger partial charge in [0.2, 0.25) is 11.8 Å². The van der Waals surface area contributed by atoms with Gasteiger partial charge in [0.25, 0.3) is 5.91 Å². The second kappa shape index (κ2) is 5.43. The summed E-state index contributed by atoms with van der Waals surface area (Å²) in [5.74, 6) is -1.88. The van der Waals surface area contributed by atoms with Crippen molar-refractivity contribution in [3.63, 3.8) is 0 Å². The molecular weight excluding hydrogens is 322 g/mol. The number of fused-ring (bicyclic) bond motifs is 1. The molecule has 0 bridgehead atoms. The minimum atomic E-state index is -3.68. The monoisotopic (exact) mass is 337 g/mol. The lowest BCUT2D eigenvalue weighted by atomic mass is 10.0. The van der Waals surface area contributed by atoms with Crippen molar-refractivity contribution in [2.45, 2.75) is 30.3 Å².